The first-order valence-corrected chi connectivity index (χ1v) is 12.0. The number of hydrogen-bond acceptors (Lipinski definition) is 6. The molecule has 174 valence electrons. The van der Waals surface area contributed by atoms with Crippen LogP contribution in [0.4, 0.5) is 13.2 Å². The summed E-state index contributed by atoms with van der Waals surface area (Å²) < 4.78 is 40.4. The molecule has 0 N–H and O–H groups in total. The quantitative estimate of drug-likeness (QED) is 0.367. The van der Waals surface area contributed by atoms with Crippen molar-refractivity contribution in [3.05, 3.63) is 54.0 Å². The fourth-order valence-corrected chi connectivity index (χ4v) is 5.72. The van der Waals surface area contributed by atoms with E-state index in [4.69, 9.17) is 0 Å². The van der Waals surface area contributed by atoms with E-state index in [1.807, 2.05) is 17.7 Å². The third kappa shape index (κ3) is 4.63. The van der Waals surface area contributed by atoms with Crippen LogP contribution in [0.1, 0.15) is 36.3 Å². The first kappa shape index (κ1) is 22.3. The highest BCUT2D eigenvalue weighted by Crippen LogP contribution is 2.64. The summed E-state index contributed by atoms with van der Waals surface area (Å²) in [6.45, 7) is 3.11. The molecular formula is C23H25F3N6S. The van der Waals surface area contributed by atoms with Crippen LogP contribution in [0.3, 0.4) is 0 Å². The number of hydrogen-bond donors (Lipinski definition) is 0. The summed E-state index contributed by atoms with van der Waals surface area (Å²) in [6, 6.07) is 7.58. The summed E-state index contributed by atoms with van der Waals surface area (Å²) in [7, 11) is 1.94. The van der Waals surface area contributed by atoms with Gasteiger partial charge in [0.15, 0.2) is 11.0 Å². The van der Waals surface area contributed by atoms with Crippen molar-refractivity contribution in [2.75, 3.05) is 25.4 Å². The van der Waals surface area contributed by atoms with Crippen molar-refractivity contribution in [1.29, 1.82) is 0 Å². The van der Waals surface area contributed by atoms with Gasteiger partial charge in [0.25, 0.3) is 0 Å². The van der Waals surface area contributed by atoms with Gasteiger partial charge in [-0.1, -0.05) is 23.9 Å². The van der Waals surface area contributed by atoms with Crippen LogP contribution in [-0.4, -0.2) is 55.0 Å². The van der Waals surface area contributed by atoms with E-state index < -0.39 is 11.7 Å². The van der Waals surface area contributed by atoms with Gasteiger partial charge in [-0.05, 0) is 67.4 Å². The molecule has 1 spiro atoms. The molecule has 3 heterocycles. The van der Waals surface area contributed by atoms with Crippen molar-refractivity contribution < 1.29 is 13.2 Å². The van der Waals surface area contributed by atoms with Crippen molar-refractivity contribution in [3.8, 4) is 11.5 Å². The lowest BCUT2D eigenvalue weighted by Gasteiger charge is -2.16. The van der Waals surface area contributed by atoms with Gasteiger partial charge >= 0.3 is 6.18 Å². The smallest absolute Gasteiger partial charge is 0.304 e. The van der Waals surface area contributed by atoms with Crippen LogP contribution in [-0.2, 0) is 13.2 Å². The highest BCUT2D eigenvalue weighted by Gasteiger charge is 2.57. The van der Waals surface area contributed by atoms with E-state index in [9.17, 15) is 13.2 Å². The zero-order valence-electron chi connectivity index (χ0n) is 18.3. The third-order valence-electron chi connectivity index (χ3n) is 6.79. The van der Waals surface area contributed by atoms with Crippen molar-refractivity contribution in [2.24, 2.45) is 12.5 Å². The van der Waals surface area contributed by atoms with E-state index in [-0.39, 0.29) is 5.41 Å². The first-order valence-electron chi connectivity index (χ1n) is 11.0. The molecule has 1 aromatic carbocycles. The number of alkyl halides is 3. The van der Waals surface area contributed by atoms with Crippen molar-refractivity contribution >= 4 is 11.8 Å². The summed E-state index contributed by atoms with van der Waals surface area (Å²) in [5.41, 5.74) is 1.48. The number of thioether (sulfide) groups is 1. The Kier molecular flexibility index (Phi) is 5.90. The molecule has 1 saturated carbocycles. The van der Waals surface area contributed by atoms with Crippen LogP contribution in [0.15, 0.2) is 48.0 Å². The number of rotatable bonds is 7. The second-order valence-corrected chi connectivity index (χ2v) is 9.99. The van der Waals surface area contributed by atoms with Crippen molar-refractivity contribution in [1.82, 2.24) is 29.6 Å². The average molecular weight is 475 g/mol. The molecule has 1 saturated heterocycles. The van der Waals surface area contributed by atoms with Gasteiger partial charge < -0.3 is 9.47 Å². The fourth-order valence-electron chi connectivity index (χ4n) is 4.89. The van der Waals surface area contributed by atoms with E-state index in [0.717, 1.165) is 66.9 Å². The van der Waals surface area contributed by atoms with Gasteiger partial charge in [0.2, 0.25) is 0 Å². The van der Waals surface area contributed by atoms with Gasteiger partial charge in [-0.3, -0.25) is 0 Å². The normalized spacial score (nSPS) is 22.8. The molecule has 0 bridgehead atoms. The lowest BCUT2D eigenvalue weighted by Crippen LogP contribution is -2.23. The van der Waals surface area contributed by atoms with Gasteiger partial charge in [-0.2, -0.15) is 13.2 Å². The van der Waals surface area contributed by atoms with Crippen LogP contribution >= 0.6 is 11.8 Å². The standard InChI is InChI=1S/C23H25F3N6S/c1-31-20(19-7-9-27-15-28-19)29-30-21(31)33-12-2-10-32-11-8-22(14-32)13-18(22)16-3-5-17(6-4-16)23(24,25)26/h3-7,9,15,18H,2,8,10-14H2,1H3/t18-,22+/m0/s1. The van der Waals surface area contributed by atoms with E-state index in [0.29, 0.717) is 5.92 Å². The second kappa shape index (κ2) is 8.72. The Labute approximate surface area is 194 Å². The average Bonchev–Trinajstić information content (AvgIpc) is 3.15. The predicted molar refractivity (Wildman–Crippen MR) is 120 cm³/mol. The van der Waals surface area contributed by atoms with Gasteiger partial charge in [0.1, 0.15) is 12.0 Å². The van der Waals surface area contributed by atoms with E-state index >= 15 is 0 Å². The van der Waals surface area contributed by atoms with Gasteiger partial charge in [-0.15, -0.1) is 10.2 Å². The molecule has 2 fully saturated rings. The van der Waals surface area contributed by atoms with E-state index in [2.05, 4.69) is 25.1 Å². The minimum atomic E-state index is -4.27. The molecule has 0 unspecified atom stereocenters. The molecule has 5 rings (SSSR count). The van der Waals surface area contributed by atoms with Gasteiger partial charge in [-0.25, -0.2) is 9.97 Å². The summed E-state index contributed by atoms with van der Waals surface area (Å²) in [4.78, 5) is 10.7. The number of likely N-dealkylation sites (tertiary alicyclic amines) is 1. The van der Waals surface area contributed by atoms with E-state index in [1.165, 1.54) is 18.5 Å². The van der Waals surface area contributed by atoms with E-state index in [1.54, 1.807) is 30.1 Å². The molecule has 6 nitrogen and oxygen atoms in total. The fraction of sp³-hybridized carbons (Fsp3) is 0.478. The largest absolute Gasteiger partial charge is 0.416 e. The molecule has 0 amide bonds. The van der Waals surface area contributed by atoms with Crippen LogP contribution in [0.2, 0.25) is 0 Å². The van der Waals surface area contributed by atoms with Gasteiger partial charge in [0.05, 0.1) is 5.56 Å². The Balaban J connectivity index is 1.09. The maximum absolute atomic E-state index is 12.8. The molecule has 2 aliphatic rings. The van der Waals surface area contributed by atoms with Crippen molar-refractivity contribution in [3.63, 3.8) is 0 Å². The molecule has 2 aromatic heterocycles. The molecule has 3 aromatic rings. The lowest BCUT2D eigenvalue weighted by atomic mass is 9.97. The Hall–Kier alpha value is -2.46. The topological polar surface area (TPSA) is 59.7 Å². The summed E-state index contributed by atoms with van der Waals surface area (Å²) in [5.74, 6) is 2.06. The van der Waals surface area contributed by atoms with Crippen LogP contribution in [0.25, 0.3) is 11.5 Å². The highest BCUT2D eigenvalue weighted by atomic mass is 32.2. The second-order valence-electron chi connectivity index (χ2n) is 8.93. The zero-order chi connectivity index (χ0) is 23.1. The summed E-state index contributed by atoms with van der Waals surface area (Å²) in [5, 5.41) is 9.41. The Morgan fingerprint density at radius 1 is 1.15 bits per heavy atom. The van der Waals surface area contributed by atoms with Crippen LogP contribution in [0.5, 0.6) is 0 Å². The van der Waals surface area contributed by atoms with Gasteiger partial charge in [0, 0.05) is 25.5 Å². The minimum Gasteiger partial charge on any atom is -0.304 e. The maximum atomic E-state index is 12.8. The highest BCUT2D eigenvalue weighted by molar-refractivity contribution is 7.99. The molecule has 10 heteroatoms. The summed E-state index contributed by atoms with van der Waals surface area (Å²) >= 11 is 1.69. The third-order valence-corrected chi connectivity index (χ3v) is 7.90. The minimum absolute atomic E-state index is 0.253. The zero-order valence-corrected chi connectivity index (χ0v) is 19.1. The molecule has 33 heavy (non-hydrogen) atoms. The lowest BCUT2D eigenvalue weighted by molar-refractivity contribution is -0.137. The Morgan fingerprint density at radius 2 is 1.97 bits per heavy atom. The monoisotopic (exact) mass is 474 g/mol. The Morgan fingerprint density at radius 3 is 2.70 bits per heavy atom. The van der Waals surface area contributed by atoms with Crippen LogP contribution in [0, 0.1) is 5.41 Å². The number of halogens is 3. The predicted octanol–water partition coefficient (Wildman–Crippen LogP) is 4.65. The molecule has 0 radical (unpaired) electrons. The number of benzene rings is 1. The summed E-state index contributed by atoms with van der Waals surface area (Å²) in [6.07, 6.45) is 2.16. The number of nitrogens with zero attached hydrogens (tertiary/aromatic N) is 6. The first-order chi connectivity index (χ1) is 15.9. The SMILES string of the molecule is Cn1c(SCCCN2CC[C@@]3(C[C@H]3c3ccc(C(F)(F)F)cc3)C2)nnc1-c1ccncn1. The number of aromatic nitrogens is 5. The Bertz CT molecular complexity index is 1100. The molecule has 2 atom stereocenters. The molecular weight excluding hydrogens is 449 g/mol. The van der Waals surface area contributed by atoms with Crippen molar-refractivity contribution in [2.45, 2.75) is 36.5 Å². The van der Waals surface area contributed by atoms with Crippen LogP contribution < -0.4 is 0 Å². The maximum Gasteiger partial charge on any atom is 0.416 e. The molecule has 1 aliphatic carbocycles. The molecule has 1 aliphatic heterocycles.